The maximum atomic E-state index is 5.18. The molecule has 1 heteroatoms. The van der Waals surface area contributed by atoms with Gasteiger partial charge in [0.05, 0.1) is 12.2 Å². The predicted octanol–water partition coefficient (Wildman–Crippen LogP) is 1.43. The summed E-state index contributed by atoms with van der Waals surface area (Å²) in [7, 11) is 0. The number of hydrogen-bond acceptors (Lipinski definition) is 1. The Hall–Kier alpha value is -0.0400. The van der Waals surface area contributed by atoms with E-state index < -0.39 is 0 Å². The molecule has 0 bridgehead atoms. The summed E-state index contributed by atoms with van der Waals surface area (Å²) in [5.74, 6) is 0.718. The smallest absolute Gasteiger partial charge is 0.0861 e. The average Bonchev–Trinajstić information content (AvgIpc) is 2.17. The van der Waals surface area contributed by atoms with Crippen LogP contribution in [-0.4, -0.2) is 12.2 Å². The van der Waals surface area contributed by atoms with Gasteiger partial charge in [-0.2, -0.15) is 0 Å². The molecule has 2 atom stereocenters. The van der Waals surface area contributed by atoms with Crippen LogP contribution in [0.1, 0.15) is 20.8 Å². The molecule has 0 aliphatic carbocycles. The number of rotatable bonds is 1. The summed E-state index contributed by atoms with van der Waals surface area (Å²) in [4.78, 5) is 0. The molecule has 1 heterocycles. The van der Waals surface area contributed by atoms with Crippen LogP contribution in [0.15, 0.2) is 0 Å². The molecular formula is C6H12O. The van der Waals surface area contributed by atoms with Crippen LogP contribution in [0.2, 0.25) is 0 Å². The molecule has 1 aliphatic heterocycles. The third kappa shape index (κ3) is 0.942. The Bertz CT molecular complexity index is 68.6. The summed E-state index contributed by atoms with van der Waals surface area (Å²) in [6.07, 6.45) is 1.11. The van der Waals surface area contributed by atoms with Crippen LogP contribution in [-0.2, 0) is 4.74 Å². The Balaban J connectivity index is 2.20. The monoisotopic (exact) mass is 100 g/mol. The summed E-state index contributed by atoms with van der Waals surface area (Å²) < 4.78 is 5.18. The van der Waals surface area contributed by atoms with Crippen molar-refractivity contribution < 1.29 is 4.74 Å². The van der Waals surface area contributed by atoms with E-state index in [4.69, 9.17) is 4.74 Å². The molecular weight excluding hydrogens is 88.1 g/mol. The van der Waals surface area contributed by atoms with Crippen LogP contribution in [0.25, 0.3) is 0 Å². The van der Waals surface area contributed by atoms with Crippen LogP contribution in [0, 0.1) is 5.92 Å². The largest absolute Gasteiger partial charge is 0.370 e. The van der Waals surface area contributed by atoms with Gasteiger partial charge < -0.3 is 4.74 Å². The molecule has 1 rings (SSSR count). The lowest BCUT2D eigenvalue weighted by Gasteiger charge is -1.92. The summed E-state index contributed by atoms with van der Waals surface area (Å²) in [5, 5.41) is 0. The molecule has 1 fully saturated rings. The minimum Gasteiger partial charge on any atom is -0.370 e. The van der Waals surface area contributed by atoms with Crippen molar-refractivity contribution in [1.29, 1.82) is 0 Å². The molecule has 1 aliphatic rings. The minimum atomic E-state index is 0.542. The van der Waals surface area contributed by atoms with E-state index in [1.54, 1.807) is 0 Å². The van der Waals surface area contributed by atoms with Gasteiger partial charge in [-0.1, -0.05) is 13.8 Å². The van der Waals surface area contributed by atoms with E-state index in [1.807, 2.05) is 0 Å². The maximum Gasteiger partial charge on any atom is 0.0861 e. The fourth-order valence-corrected chi connectivity index (χ4v) is 0.902. The van der Waals surface area contributed by atoms with E-state index in [2.05, 4.69) is 20.8 Å². The Labute approximate surface area is 44.7 Å². The van der Waals surface area contributed by atoms with Crippen molar-refractivity contribution in [1.82, 2.24) is 0 Å². The number of epoxide rings is 1. The third-order valence-electron chi connectivity index (χ3n) is 1.41. The van der Waals surface area contributed by atoms with Crippen molar-refractivity contribution in [2.75, 3.05) is 0 Å². The van der Waals surface area contributed by atoms with Crippen LogP contribution >= 0.6 is 0 Å². The summed E-state index contributed by atoms with van der Waals surface area (Å²) in [6, 6.07) is 0. The van der Waals surface area contributed by atoms with Gasteiger partial charge in [0.25, 0.3) is 0 Å². The van der Waals surface area contributed by atoms with E-state index >= 15 is 0 Å². The van der Waals surface area contributed by atoms with Crippen molar-refractivity contribution in [2.24, 2.45) is 5.92 Å². The lowest BCUT2D eigenvalue weighted by Crippen LogP contribution is -1.98. The molecule has 42 valence electrons. The topological polar surface area (TPSA) is 12.5 Å². The lowest BCUT2D eigenvalue weighted by atomic mass is 10.1. The first kappa shape index (κ1) is 5.10. The summed E-state index contributed by atoms with van der Waals surface area (Å²) >= 11 is 0. The van der Waals surface area contributed by atoms with Crippen LogP contribution in [0.3, 0.4) is 0 Å². The first-order valence-electron chi connectivity index (χ1n) is 2.87. The highest BCUT2D eigenvalue weighted by Gasteiger charge is 2.36. The Kier molecular flexibility index (Phi) is 1.08. The van der Waals surface area contributed by atoms with Gasteiger partial charge in [-0.05, 0) is 12.8 Å². The minimum absolute atomic E-state index is 0.542. The zero-order valence-corrected chi connectivity index (χ0v) is 5.14. The van der Waals surface area contributed by atoms with E-state index in [-0.39, 0.29) is 0 Å². The fourth-order valence-electron chi connectivity index (χ4n) is 0.902. The maximum absolute atomic E-state index is 5.18. The highest BCUT2D eigenvalue weighted by molar-refractivity contribution is 4.82. The Morgan fingerprint density at radius 3 is 1.86 bits per heavy atom. The van der Waals surface area contributed by atoms with E-state index in [9.17, 15) is 0 Å². The molecule has 0 aromatic rings. The molecule has 0 N–H and O–H groups in total. The van der Waals surface area contributed by atoms with Gasteiger partial charge in [0.15, 0.2) is 0 Å². The quantitative estimate of drug-likeness (QED) is 0.454. The van der Waals surface area contributed by atoms with E-state index in [0.29, 0.717) is 12.2 Å². The molecule has 0 aromatic heterocycles. The molecule has 0 spiro atoms. The second kappa shape index (κ2) is 1.48. The van der Waals surface area contributed by atoms with Crippen molar-refractivity contribution in [2.45, 2.75) is 33.0 Å². The zero-order valence-electron chi connectivity index (χ0n) is 5.14. The predicted molar refractivity (Wildman–Crippen MR) is 29.2 cm³/mol. The van der Waals surface area contributed by atoms with Gasteiger partial charge >= 0.3 is 0 Å². The van der Waals surface area contributed by atoms with Gasteiger partial charge in [0.1, 0.15) is 0 Å². The highest BCUT2D eigenvalue weighted by Crippen LogP contribution is 2.27. The van der Waals surface area contributed by atoms with Gasteiger partial charge in [-0.15, -0.1) is 0 Å². The van der Waals surface area contributed by atoms with Crippen LogP contribution in [0.5, 0.6) is 0 Å². The van der Waals surface area contributed by atoms with E-state index in [0.717, 1.165) is 5.92 Å². The average molecular weight is 100 g/mol. The molecule has 1 saturated heterocycles. The zero-order chi connectivity index (χ0) is 5.44. The van der Waals surface area contributed by atoms with Crippen LogP contribution in [0.4, 0.5) is 0 Å². The molecule has 7 heavy (non-hydrogen) atoms. The molecule has 0 radical (unpaired) electrons. The molecule has 0 unspecified atom stereocenters. The van der Waals surface area contributed by atoms with Gasteiger partial charge in [0, 0.05) is 0 Å². The van der Waals surface area contributed by atoms with Crippen molar-refractivity contribution >= 4 is 0 Å². The van der Waals surface area contributed by atoms with Gasteiger partial charge in [-0.3, -0.25) is 0 Å². The van der Waals surface area contributed by atoms with E-state index in [1.165, 1.54) is 0 Å². The summed E-state index contributed by atoms with van der Waals surface area (Å²) in [5.41, 5.74) is 0. The Morgan fingerprint density at radius 1 is 1.43 bits per heavy atom. The first-order valence-corrected chi connectivity index (χ1v) is 2.87. The molecule has 0 amide bonds. The van der Waals surface area contributed by atoms with Crippen molar-refractivity contribution in [3.05, 3.63) is 0 Å². The standard InChI is InChI=1S/C6H12O/c1-4(2)6-5(3)7-6/h4-6H,1-3H3/t5-,6+/m0/s1. The third-order valence-corrected chi connectivity index (χ3v) is 1.41. The van der Waals surface area contributed by atoms with Crippen molar-refractivity contribution in [3.8, 4) is 0 Å². The van der Waals surface area contributed by atoms with Crippen molar-refractivity contribution in [3.63, 3.8) is 0 Å². The van der Waals surface area contributed by atoms with Gasteiger partial charge in [0.2, 0.25) is 0 Å². The SMILES string of the molecule is CC(C)[C@H]1O[C@H]1C. The number of ether oxygens (including phenoxy) is 1. The first-order chi connectivity index (χ1) is 3.22. The van der Waals surface area contributed by atoms with Gasteiger partial charge in [-0.25, -0.2) is 0 Å². The molecule has 0 saturated carbocycles. The fraction of sp³-hybridized carbons (Fsp3) is 1.00. The molecule has 1 nitrogen and oxygen atoms in total. The van der Waals surface area contributed by atoms with Crippen LogP contribution < -0.4 is 0 Å². The number of hydrogen-bond donors (Lipinski definition) is 0. The summed E-state index contributed by atoms with van der Waals surface area (Å²) in [6.45, 7) is 6.49. The Morgan fingerprint density at radius 2 is 1.86 bits per heavy atom. The normalized spacial score (nSPS) is 39.4. The molecule has 0 aromatic carbocycles. The highest BCUT2D eigenvalue weighted by atomic mass is 16.6. The second-order valence-corrected chi connectivity index (χ2v) is 2.55. The lowest BCUT2D eigenvalue weighted by molar-refractivity contribution is 0.339. The second-order valence-electron chi connectivity index (χ2n) is 2.55.